The lowest BCUT2D eigenvalue weighted by Crippen LogP contribution is -2.14. The molecular weight excluding hydrogens is 218 g/mol. The zero-order valence-corrected chi connectivity index (χ0v) is 8.92. The van der Waals surface area contributed by atoms with Gasteiger partial charge in [-0.15, -0.1) is 0 Å². The van der Waals surface area contributed by atoms with E-state index in [1.807, 2.05) is 0 Å². The largest absolute Gasteiger partial charge is 0.323 e. The Balaban J connectivity index is 2.09. The minimum atomic E-state index is -0.278. The van der Waals surface area contributed by atoms with E-state index in [1.54, 1.807) is 36.7 Å². The van der Waals surface area contributed by atoms with Gasteiger partial charge < -0.3 is 10.7 Å². The molecule has 2 heterocycles. The van der Waals surface area contributed by atoms with Crippen LogP contribution >= 0.6 is 0 Å². The first kappa shape index (κ1) is 11.0. The van der Waals surface area contributed by atoms with Crippen molar-refractivity contribution < 1.29 is 4.79 Å². The number of aromatic nitrogens is 2. The van der Waals surface area contributed by atoms with Crippen molar-refractivity contribution in [1.82, 2.24) is 9.97 Å². The highest BCUT2D eigenvalue weighted by molar-refractivity contribution is 6.02. The zero-order chi connectivity index (χ0) is 12.1. The SMILES string of the molecule is NNc1ccc(C(=O)Nc2ccncc2)nc1. The number of nitrogens with two attached hydrogens (primary N) is 1. The molecule has 86 valence electrons. The molecule has 0 unspecified atom stereocenters. The van der Waals surface area contributed by atoms with E-state index in [1.165, 1.54) is 6.20 Å². The maximum Gasteiger partial charge on any atom is 0.274 e. The van der Waals surface area contributed by atoms with Crippen molar-refractivity contribution >= 4 is 17.3 Å². The maximum atomic E-state index is 11.8. The molecule has 0 radical (unpaired) electrons. The average Bonchev–Trinajstić information content (AvgIpc) is 2.40. The number of hydrogen-bond donors (Lipinski definition) is 3. The summed E-state index contributed by atoms with van der Waals surface area (Å²) in [6.07, 6.45) is 4.69. The van der Waals surface area contributed by atoms with Crippen molar-refractivity contribution in [2.24, 2.45) is 5.84 Å². The molecule has 0 aliphatic carbocycles. The number of rotatable bonds is 3. The summed E-state index contributed by atoms with van der Waals surface area (Å²) in [5.41, 5.74) is 4.08. The third-order valence-electron chi connectivity index (χ3n) is 2.10. The molecule has 0 aromatic carbocycles. The van der Waals surface area contributed by atoms with Gasteiger partial charge in [0.1, 0.15) is 5.69 Å². The number of hydrazine groups is 1. The predicted molar refractivity (Wildman–Crippen MR) is 64.2 cm³/mol. The highest BCUT2D eigenvalue weighted by Crippen LogP contribution is 2.08. The van der Waals surface area contributed by atoms with Gasteiger partial charge in [-0.1, -0.05) is 0 Å². The van der Waals surface area contributed by atoms with Crippen LogP contribution in [0, 0.1) is 0 Å². The standard InChI is InChI=1S/C11H11N5O/c12-16-9-1-2-10(14-7-9)11(17)15-8-3-5-13-6-4-8/h1-7,16H,12H2,(H,13,15,17). The minimum absolute atomic E-state index is 0.278. The molecule has 0 saturated carbocycles. The van der Waals surface area contributed by atoms with Gasteiger partial charge in [-0.2, -0.15) is 0 Å². The molecule has 0 fully saturated rings. The summed E-state index contributed by atoms with van der Waals surface area (Å²) in [5.74, 6) is 4.92. The van der Waals surface area contributed by atoms with Crippen molar-refractivity contribution in [1.29, 1.82) is 0 Å². The summed E-state index contributed by atoms with van der Waals surface area (Å²) >= 11 is 0. The Morgan fingerprint density at radius 2 is 1.88 bits per heavy atom. The fourth-order valence-electron chi connectivity index (χ4n) is 1.24. The molecule has 0 bridgehead atoms. The molecule has 4 N–H and O–H groups in total. The fraction of sp³-hybridized carbons (Fsp3) is 0. The van der Waals surface area contributed by atoms with E-state index in [0.29, 0.717) is 17.1 Å². The smallest absolute Gasteiger partial charge is 0.274 e. The second-order valence-electron chi connectivity index (χ2n) is 3.27. The molecule has 0 aliphatic heterocycles. The summed E-state index contributed by atoms with van der Waals surface area (Å²) in [4.78, 5) is 19.6. The summed E-state index contributed by atoms with van der Waals surface area (Å²) in [7, 11) is 0. The van der Waals surface area contributed by atoms with Crippen molar-refractivity contribution in [3.63, 3.8) is 0 Å². The minimum Gasteiger partial charge on any atom is -0.323 e. The molecule has 2 aromatic heterocycles. The first-order chi connectivity index (χ1) is 8.29. The van der Waals surface area contributed by atoms with Gasteiger partial charge in [-0.05, 0) is 24.3 Å². The van der Waals surface area contributed by atoms with Gasteiger partial charge in [-0.25, -0.2) is 4.98 Å². The van der Waals surface area contributed by atoms with Crippen LogP contribution in [0.5, 0.6) is 0 Å². The van der Waals surface area contributed by atoms with Crippen LogP contribution in [0.25, 0.3) is 0 Å². The molecule has 0 aliphatic rings. The highest BCUT2D eigenvalue weighted by atomic mass is 16.1. The topological polar surface area (TPSA) is 92.9 Å². The molecule has 1 amide bonds. The van der Waals surface area contributed by atoms with Gasteiger partial charge in [0.25, 0.3) is 5.91 Å². The second-order valence-corrected chi connectivity index (χ2v) is 3.27. The van der Waals surface area contributed by atoms with Gasteiger partial charge in [0.15, 0.2) is 0 Å². The van der Waals surface area contributed by atoms with Crippen molar-refractivity contribution in [2.75, 3.05) is 10.7 Å². The van der Waals surface area contributed by atoms with Gasteiger partial charge in [-0.3, -0.25) is 15.6 Å². The summed E-state index contributed by atoms with van der Waals surface area (Å²) < 4.78 is 0. The highest BCUT2D eigenvalue weighted by Gasteiger charge is 2.06. The van der Waals surface area contributed by atoms with E-state index in [2.05, 4.69) is 20.7 Å². The quantitative estimate of drug-likeness (QED) is 0.539. The number of amides is 1. The van der Waals surface area contributed by atoms with Gasteiger partial charge >= 0.3 is 0 Å². The van der Waals surface area contributed by atoms with Crippen LogP contribution in [-0.2, 0) is 0 Å². The lowest BCUT2D eigenvalue weighted by Gasteiger charge is -2.04. The normalized spacial score (nSPS) is 9.71. The predicted octanol–water partition coefficient (Wildman–Crippen LogP) is 1.01. The Kier molecular flexibility index (Phi) is 3.27. The monoisotopic (exact) mass is 229 g/mol. The van der Waals surface area contributed by atoms with Crippen LogP contribution in [0.15, 0.2) is 42.9 Å². The maximum absolute atomic E-state index is 11.8. The molecule has 0 saturated heterocycles. The lowest BCUT2D eigenvalue weighted by molar-refractivity contribution is 0.102. The van der Waals surface area contributed by atoms with E-state index in [-0.39, 0.29) is 5.91 Å². The third-order valence-corrected chi connectivity index (χ3v) is 2.10. The lowest BCUT2D eigenvalue weighted by atomic mass is 10.3. The molecule has 2 aromatic rings. The average molecular weight is 229 g/mol. The number of nitrogens with zero attached hydrogens (tertiary/aromatic N) is 2. The number of anilines is 2. The first-order valence-corrected chi connectivity index (χ1v) is 4.93. The van der Waals surface area contributed by atoms with Crippen LogP contribution in [0.4, 0.5) is 11.4 Å². The number of carbonyl (C=O) groups excluding carboxylic acids is 1. The number of pyridine rings is 2. The van der Waals surface area contributed by atoms with Gasteiger partial charge in [0.2, 0.25) is 0 Å². The molecule has 17 heavy (non-hydrogen) atoms. The van der Waals surface area contributed by atoms with Crippen LogP contribution in [0.2, 0.25) is 0 Å². The molecular formula is C11H11N5O. The van der Waals surface area contributed by atoms with E-state index in [9.17, 15) is 4.79 Å². The van der Waals surface area contributed by atoms with E-state index >= 15 is 0 Å². The Bertz CT molecular complexity index is 497. The van der Waals surface area contributed by atoms with Crippen LogP contribution < -0.4 is 16.6 Å². The number of carbonyl (C=O) groups is 1. The molecule has 2 rings (SSSR count). The zero-order valence-electron chi connectivity index (χ0n) is 8.92. The Hall–Kier alpha value is -2.47. The Morgan fingerprint density at radius 3 is 2.47 bits per heavy atom. The third kappa shape index (κ3) is 2.76. The summed E-state index contributed by atoms with van der Waals surface area (Å²) in [5, 5.41) is 2.70. The van der Waals surface area contributed by atoms with Crippen molar-refractivity contribution in [2.45, 2.75) is 0 Å². The first-order valence-electron chi connectivity index (χ1n) is 4.93. The molecule has 0 spiro atoms. The van der Waals surface area contributed by atoms with E-state index in [0.717, 1.165) is 0 Å². The summed E-state index contributed by atoms with van der Waals surface area (Å²) in [6, 6.07) is 6.67. The Morgan fingerprint density at radius 1 is 1.12 bits per heavy atom. The molecule has 6 heteroatoms. The van der Waals surface area contributed by atoms with Gasteiger partial charge in [0, 0.05) is 18.1 Å². The van der Waals surface area contributed by atoms with Gasteiger partial charge in [0.05, 0.1) is 11.9 Å². The Labute approximate surface area is 97.9 Å². The fourth-order valence-corrected chi connectivity index (χ4v) is 1.24. The van der Waals surface area contributed by atoms with Crippen molar-refractivity contribution in [3.05, 3.63) is 48.5 Å². The van der Waals surface area contributed by atoms with Crippen LogP contribution in [0.3, 0.4) is 0 Å². The van der Waals surface area contributed by atoms with Crippen LogP contribution in [0.1, 0.15) is 10.5 Å². The number of nitrogen functional groups attached to an aromatic ring is 1. The molecule has 6 nitrogen and oxygen atoms in total. The molecule has 0 atom stereocenters. The number of nitrogens with one attached hydrogen (secondary N) is 2. The van der Waals surface area contributed by atoms with Crippen LogP contribution in [-0.4, -0.2) is 15.9 Å². The summed E-state index contributed by atoms with van der Waals surface area (Å²) in [6.45, 7) is 0. The van der Waals surface area contributed by atoms with E-state index in [4.69, 9.17) is 5.84 Å². The number of hydrogen-bond acceptors (Lipinski definition) is 5. The second kappa shape index (κ2) is 5.04. The van der Waals surface area contributed by atoms with Crippen molar-refractivity contribution in [3.8, 4) is 0 Å². The van der Waals surface area contributed by atoms with E-state index < -0.39 is 0 Å².